The van der Waals surface area contributed by atoms with Crippen LogP contribution in [0.2, 0.25) is 0 Å². The molecule has 4 nitrogen and oxygen atoms in total. The summed E-state index contributed by atoms with van der Waals surface area (Å²) in [4.78, 5) is 24.1. The number of H-pyrrole nitrogens is 1. The summed E-state index contributed by atoms with van der Waals surface area (Å²) in [6, 6.07) is 2.14. The summed E-state index contributed by atoms with van der Waals surface area (Å²) in [5.41, 5.74) is -1.54. The van der Waals surface area contributed by atoms with Crippen molar-refractivity contribution in [3.63, 3.8) is 0 Å². The van der Waals surface area contributed by atoms with Crippen molar-refractivity contribution in [1.82, 2.24) is 9.55 Å². The Bertz CT molecular complexity index is 706. The molecule has 2 rings (SSSR count). The quantitative estimate of drug-likeness (QED) is 0.815. The van der Waals surface area contributed by atoms with Crippen LogP contribution in [0, 0.1) is 17.5 Å². The van der Waals surface area contributed by atoms with Crippen LogP contribution in [-0.2, 0) is 6.54 Å². The van der Waals surface area contributed by atoms with Crippen molar-refractivity contribution in [2.24, 2.45) is 0 Å². The van der Waals surface area contributed by atoms with Crippen LogP contribution in [0.5, 0.6) is 0 Å². The third kappa shape index (κ3) is 2.34. The first-order chi connectivity index (χ1) is 8.47. The Morgan fingerprint density at radius 1 is 1.06 bits per heavy atom. The average Bonchev–Trinajstić information content (AvgIpc) is 2.29. The molecule has 94 valence electrons. The van der Waals surface area contributed by atoms with Gasteiger partial charge < -0.3 is 0 Å². The summed E-state index contributed by atoms with van der Waals surface area (Å²) >= 11 is 0. The second-order valence-electron chi connectivity index (χ2n) is 3.60. The van der Waals surface area contributed by atoms with E-state index in [2.05, 4.69) is 0 Å². The molecule has 0 fully saturated rings. The fourth-order valence-corrected chi connectivity index (χ4v) is 1.44. The number of aromatic nitrogens is 2. The minimum atomic E-state index is -1.30. The van der Waals surface area contributed by atoms with E-state index in [1.54, 1.807) is 0 Å². The largest absolute Gasteiger partial charge is 0.328 e. The topological polar surface area (TPSA) is 54.9 Å². The number of nitrogens with one attached hydrogen (secondary N) is 1. The van der Waals surface area contributed by atoms with Gasteiger partial charge in [-0.25, -0.2) is 18.0 Å². The molecule has 1 aromatic carbocycles. The van der Waals surface area contributed by atoms with Crippen molar-refractivity contribution in [2.45, 2.75) is 6.54 Å². The van der Waals surface area contributed by atoms with E-state index in [1.165, 1.54) is 0 Å². The Kier molecular flexibility index (Phi) is 3.05. The Morgan fingerprint density at radius 2 is 1.72 bits per heavy atom. The first-order valence-corrected chi connectivity index (χ1v) is 4.90. The molecule has 0 aliphatic heterocycles. The van der Waals surface area contributed by atoms with Gasteiger partial charge in [-0.05, 0) is 6.07 Å². The Labute approximate surface area is 98.3 Å². The lowest BCUT2D eigenvalue weighted by Crippen LogP contribution is -2.29. The molecule has 2 aromatic rings. The molecule has 1 heterocycles. The van der Waals surface area contributed by atoms with Gasteiger partial charge in [0.15, 0.2) is 11.6 Å². The number of hydrogen-bond acceptors (Lipinski definition) is 2. The molecule has 18 heavy (non-hydrogen) atoms. The number of nitrogens with zero attached hydrogens (tertiary/aromatic N) is 1. The number of hydrogen-bond donors (Lipinski definition) is 1. The molecule has 0 bridgehead atoms. The van der Waals surface area contributed by atoms with E-state index in [4.69, 9.17) is 0 Å². The normalized spacial score (nSPS) is 10.6. The second-order valence-corrected chi connectivity index (χ2v) is 3.60. The second kappa shape index (κ2) is 4.52. The summed E-state index contributed by atoms with van der Waals surface area (Å²) in [6.07, 6.45) is 1.14. The van der Waals surface area contributed by atoms with Gasteiger partial charge in [-0.3, -0.25) is 14.3 Å². The maximum atomic E-state index is 13.3. The summed E-state index contributed by atoms with van der Waals surface area (Å²) < 4.78 is 39.9. The van der Waals surface area contributed by atoms with Gasteiger partial charge in [-0.15, -0.1) is 0 Å². The summed E-state index contributed by atoms with van der Waals surface area (Å²) in [5, 5.41) is 0. The lowest BCUT2D eigenvalue weighted by molar-refractivity contribution is 0.487. The maximum Gasteiger partial charge on any atom is 0.328 e. The van der Waals surface area contributed by atoms with Gasteiger partial charge in [-0.1, -0.05) is 0 Å². The van der Waals surface area contributed by atoms with E-state index >= 15 is 0 Å². The van der Waals surface area contributed by atoms with Gasteiger partial charge in [0.05, 0.1) is 6.54 Å². The van der Waals surface area contributed by atoms with Crippen molar-refractivity contribution in [2.75, 3.05) is 0 Å². The van der Waals surface area contributed by atoms with Gasteiger partial charge in [0.25, 0.3) is 5.56 Å². The molecule has 0 radical (unpaired) electrons. The molecule has 0 aliphatic rings. The highest BCUT2D eigenvalue weighted by Gasteiger charge is 2.10. The van der Waals surface area contributed by atoms with Crippen LogP contribution in [-0.4, -0.2) is 9.55 Å². The molecule has 0 saturated heterocycles. The first kappa shape index (κ1) is 12.2. The first-order valence-electron chi connectivity index (χ1n) is 4.90. The zero-order chi connectivity index (χ0) is 13.3. The highest BCUT2D eigenvalue weighted by atomic mass is 19.2. The van der Waals surface area contributed by atoms with E-state index in [1.807, 2.05) is 4.98 Å². The SMILES string of the molecule is O=c1ccn(Cc2cc(F)c(F)cc2F)c(=O)[nH]1. The van der Waals surface area contributed by atoms with Gasteiger partial charge in [-0.2, -0.15) is 0 Å². The summed E-state index contributed by atoms with van der Waals surface area (Å²) in [7, 11) is 0. The highest BCUT2D eigenvalue weighted by molar-refractivity contribution is 5.20. The minimum absolute atomic E-state index is 0.192. The predicted octanol–water partition coefficient (Wildman–Crippen LogP) is 1.00. The lowest BCUT2D eigenvalue weighted by atomic mass is 10.2. The molecule has 1 N–H and O–H groups in total. The van der Waals surface area contributed by atoms with Crippen LogP contribution >= 0.6 is 0 Å². The highest BCUT2D eigenvalue weighted by Crippen LogP contribution is 2.14. The molecule has 0 atom stereocenters. The van der Waals surface area contributed by atoms with Crippen molar-refractivity contribution >= 4 is 0 Å². The smallest absolute Gasteiger partial charge is 0.296 e. The van der Waals surface area contributed by atoms with Crippen LogP contribution in [0.15, 0.2) is 34.0 Å². The molecule has 0 aliphatic carbocycles. The maximum absolute atomic E-state index is 13.3. The third-order valence-electron chi connectivity index (χ3n) is 2.33. The molecular formula is C11H7F3N2O2. The Hall–Kier alpha value is -2.31. The monoisotopic (exact) mass is 256 g/mol. The molecule has 1 aromatic heterocycles. The zero-order valence-electron chi connectivity index (χ0n) is 8.91. The number of rotatable bonds is 2. The van der Waals surface area contributed by atoms with Crippen LogP contribution in [0.3, 0.4) is 0 Å². The average molecular weight is 256 g/mol. The van der Waals surface area contributed by atoms with Gasteiger partial charge >= 0.3 is 5.69 Å². The Balaban J connectivity index is 2.43. The van der Waals surface area contributed by atoms with E-state index in [0.29, 0.717) is 12.1 Å². The molecular weight excluding hydrogens is 249 g/mol. The zero-order valence-corrected chi connectivity index (χ0v) is 8.91. The summed E-state index contributed by atoms with van der Waals surface area (Å²) in [5.74, 6) is -3.47. The Morgan fingerprint density at radius 3 is 2.39 bits per heavy atom. The van der Waals surface area contributed by atoms with Crippen LogP contribution < -0.4 is 11.2 Å². The van der Waals surface area contributed by atoms with Crippen molar-refractivity contribution < 1.29 is 13.2 Å². The lowest BCUT2D eigenvalue weighted by Gasteiger charge is -2.06. The number of benzene rings is 1. The predicted molar refractivity (Wildman–Crippen MR) is 56.7 cm³/mol. The van der Waals surface area contributed by atoms with Crippen molar-refractivity contribution in [1.29, 1.82) is 0 Å². The standard InChI is InChI=1S/C11H7F3N2O2/c12-7-4-9(14)8(13)3-6(7)5-16-2-1-10(17)15-11(16)18/h1-4H,5H2,(H,15,17,18). The third-order valence-corrected chi connectivity index (χ3v) is 2.33. The van der Waals surface area contributed by atoms with Crippen molar-refractivity contribution in [3.8, 4) is 0 Å². The minimum Gasteiger partial charge on any atom is -0.296 e. The molecule has 0 unspecified atom stereocenters. The van der Waals surface area contributed by atoms with Crippen molar-refractivity contribution in [3.05, 3.63) is 68.2 Å². The molecule has 0 amide bonds. The van der Waals surface area contributed by atoms with E-state index in [-0.39, 0.29) is 12.1 Å². The van der Waals surface area contributed by atoms with Gasteiger partial charge in [0.2, 0.25) is 0 Å². The number of aromatic amines is 1. The van der Waals surface area contributed by atoms with Crippen LogP contribution in [0.25, 0.3) is 0 Å². The summed E-state index contributed by atoms with van der Waals surface area (Å²) in [6.45, 7) is -0.307. The fraction of sp³-hybridized carbons (Fsp3) is 0.0909. The van der Waals surface area contributed by atoms with Crippen LogP contribution in [0.1, 0.15) is 5.56 Å². The van der Waals surface area contributed by atoms with Gasteiger partial charge in [0, 0.05) is 23.9 Å². The molecule has 0 spiro atoms. The van der Waals surface area contributed by atoms with E-state index in [9.17, 15) is 22.8 Å². The fourth-order valence-electron chi connectivity index (χ4n) is 1.44. The van der Waals surface area contributed by atoms with E-state index in [0.717, 1.165) is 16.8 Å². The van der Waals surface area contributed by atoms with Gasteiger partial charge in [0.1, 0.15) is 5.82 Å². The molecule has 7 heteroatoms. The molecule has 0 saturated carbocycles. The van der Waals surface area contributed by atoms with E-state index < -0.39 is 28.7 Å². The number of halogens is 3. The van der Waals surface area contributed by atoms with Crippen LogP contribution in [0.4, 0.5) is 13.2 Å².